The molecule has 1 N–H and O–H groups in total. The van der Waals surface area contributed by atoms with Gasteiger partial charge >= 0.3 is 5.97 Å². The van der Waals surface area contributed by atoms with Gasteiger partial charge in [0.25, 0.3) is 0 Å². The number of carbonyl (C=O) groups excluding carboxylic acids is 1. The first-order valence-corrected chi connectivity index (χ1v) is 6.23. The van der Waals surface area contributed by atoms with Gasteiger partial charge in [0.2, 0.25) is 0 Å². The zero-order valence-electron chi connectivity index (χ0n) is 10.8. The van der Waals surface area contributed by atoms with Crippen LogP contribution in [0.15, 0.2) is 48.5 Å². The van der Waals surface area contributed by atoms with Crippen molar-refractivity contribution in [1.29, 1.82) is 0 Å². The molecule has 19 heavy (non-hydrogen) atoms. The summed E-state index contributed by atoms with van der Waals surface area (Å²) in [4.78, 5) is 11.4. The van der Waals surface area contributed by atoms with Gasteiger partial charge in [0, 0.05) is 0 Å². The number of phenolic OH excluding ortho intramolecular Hbond substituents is 1. The monoisotopic (exact) mass is 256 g/mol. The molecule has 0 bridgehead atoms. The summed E-state index contributed by atoms with van der Waals surface area (Å²) in [6.07, 6.45) is 0.278. The van der Waals surface area contributed by atoms with Gasteiger partial charge in [-0.3, -0.25) is 4.79 Å². The maximum Gasteiger partial charge on any atom is 0.310 e. The van der Waals surface area contributed by atoms with Gasteiger partial charge in [0.15, 0.2) is 0 Å². The summed E-state index contributed by atoms with van der Waals surface area (Å²) in [7, 11) is 0. The largest absolute Gasteiger partial charge is 0.508 e. The molecule has 0 atom stereocenters. The van der Waals surface area contributed by atoms with E-state index in [0.29, 0.717) is 6.61 Å². The fraction of sp³-hybridized carbons (Fsp3) is 0.188. The molecule has 0 amide bonds. The van der Waals surface area contributed by atoms with Crippen molar-refractivity contribution in [3.63, 3.8) is 0 Å². The predicted molar refractivity (Wildman–Crippen MR) is 73.9 cm³/mol. The van der Waals surface area contributed by atoms with E-state index in [-0.39, 0.29) is 18.1 Å². The molecule has 0 radical (unpaired) electrons. The minimum atomic E-state index is -0.217. The van der Waals surface area contributed by atoms with Crippen LogP contribution in [-0.4, -0.2) is 17.7 Å². The maximum absolute atomic E-state index is 11.4. The molecule has 0 aliphatic rings. The lowest BCUT2D eigenvalue weighted by Crippen LogP contribution is -2.07. The summed E-state index contributed by atoms with van der Waals surface area (Å²) in [6.45, 7) is 2.20. The van der Waals surface area contributed by atoms with E-state index in [0.717, 1.165) is 16.7 Å². The van der Waals surface area contributed by atoms with Gasteiger partial charge in [-0.1, -0.05) is 36.4 Å². The molecule has 0 unspecified atom stereocenters. The van der Waals surface area contributed by atoms with Gasteiger partial charge in [-0.25, -0.2) is 0 Å². The standard InChI is InChI=1S/C16H16O3/c1-2-19-16(18)11-12-4-3-5-14(10-12)13-6-8-15(17)9-7-13/h3-10,17H,2,11H2,1H3. The second kappa shape index (κ2) is 6.05. The summed E-state index contributed by atoms with van der Waals surface area (Å²) < 4.78 is 4.94. The number of esters is 1. The van der Waals surface area contributed by atoms with Gasteiger partial charge < -0.3 is 9.84 Å². The zero-order chi connectivity index (χ0) is 13.7. The van der Waals surface area contributed by atoms with Crippen LogP contribution in [0.3, 0.4) is 0 Å². The third-order valence-electron chi connectivity index (χ3n) is 2.78. The average Bonchev–Trinajstić information content (AvgIpc) is 2.40. The van der Waals surface area contributed by atoms with Crippen LogP contribution in [-0.2, 0) is 16.0 Å². The lowest BCUT2D eigenvalue weighted by molar-refractivity contribution is -0.142. The van der Waals surface area contributed by atoms with Crippen molar-refractivity contribution in [3.8, 4) is 16.9 Å². The fourth-order valence-electron chi connectivity index (χ4n) is 1.89. The van der Waals surface area contributed by atoms with E-state index in [9.17, 15) is 9.90 Å². The van der Waals surface area contributed by atoms with E-state index in [1.54, 1.807) is 19.1 Å². The Hall–Kier alpha value is -2.29. The molecule has 98 valence electrons. The van der Waals surface area contributed by atoms with Gasteiger partial charge in [0.1, 0.15) is 5.75 Å². The number of benzene rings is 2. The molecule has 0 saturated heterocycles. The molecule has 3 heteroatoms. The van der Waals surface area contributed by atoms with Crippen molar-refractivity contribution in [2.75, 3.05) is 6.61 Å². The van der Waals surface area contributed by atoms with Crippen LogP contribution in [0.4, 0.5) is 0 Å². The Bertz CT molecular complexity index is 558. The molecule has 0 aromatic heterocycles. The third kappa shape index (κ3) is 3.58. The minimum absolute atomic E-state index is 0.217. The predicted octanol–water partition coefficient (Wildman–Crippen LogP) is 3.16. The molecule has 0 fully saturated rings. The normalized spacial score (nSPS) is 10.2. The SMILES string of the molecule is CCOC(=O)Cc1cccc(-c2ccc(O)cc2)c1. The van der Waals surface area contributed by atoms with Crippen LogP contribution in [0, 0.1) is 0 Å². The molecule has 0 aliphatic carbocycles. The summed E-state index contributed by atoms with van der Waals surface area (Å²) in [5.41, 5.74) is 2.94. The van der Waals surface area contributed by atoms with Crippen LogP contribution in [0.2, 0.25) is 0 Å². The molecule has 2 rings (SSSR count). The highest BCUT2D eigenvalue weighted by molar-refractivity contribution is 5.74. The van der Waals surface area contributed by atoms with Crippen LogP contribution < -0.4 is 0 Å². The first kappa shape index (κ1) is 13.1. The number of aromatic hydroxyl groups is 1. The highest BCUT2D eigenvalue weighted by Crippen LogP contribution is 2.22. The lowest BCUT2D eigenvalue weighted by atomic mass is 10.0. The topological polar surface area (TPSA) is 46.5 Å². The van der Waals surface area contributed by atoms with Crippen LogP contribution >= 0.6 is 0 Å². The first-order chi connectivity index (χ1) is 9.19. The second-order valence-corrected chi connectivity index (χ2v) is 4.23. The van der Waals surface area contributed by atoms with E-state index in [1.165, 1.54) is 0 Å². The number of carbonyl (C=O) groups is 1. The molecule has 2 aromatic rings. The smallest absolute Gasteiger partial charge is 0.310 e. The molecule has 2 aromatic carbocycles. The molecule has 0 spiro atoms. The Morgan fingerprint density at radius 2 is 1.84 bits per heavy atom. The molecule has 3 nitrogen and oxygen atoms in total. The Labute approximate surface area is 112 Å². The summed E-state index contributed by atoms with van der Waals surface area (Å²) >= 11 is 0. The molecular formula is C16H16O3. The average molecular weight is 256 g/mol. The van der Waals surface area contributed by atoms with Gasteiger partial charge in [-0.05, 0) is 35.7 Å². The van der Waals surface area contributed by atoms with E-state index in [1.807, 2.05) is 36.4 Å². The van der Waals surface area contributed by atoms with Crippen LogP contribution in [0.1, 0.15) is 12.5 Å². The van der Waals surface area contributed by atoms with Crippen LogP contribution in [0.25, 0.3) is 11.1 Å². The fourth-order valence-corrected chi connectivity index (χ4v) is 1.89. The van der Waals surface area contributed by atoms with E-state index < -0.39 is 0 Å². The van der Waals surface area contributed by atoms with E-state index in [2.05, 4.69) is 0 Å². The number of ether oxygens (including phenoxy) is 1. The number of hydrogen-bond acceptors (Lipinski definition) is 3. The maximum atomic E-state index is 11.4. The second-order valence-electron chi connectivity index (χ2n) is 4.23. The molecule has 0 saturated carbocycles. The van der Waals surface area contributed by atoms with Crippen LogP contribution in [0.5, 0.6) is 5.75 Å². The Balaban J connectivity index is 2.19. The summed E-state index contributed by atoms with van der Waals surface area (Å²) in [5, 5.41) is 9.27. The number of phenols is 1. The lowest BCUT2D eigenvalue weighted by Gasteiger charge is -2.06. The highest BCUT2D eigenvalue weighted by Gasteiger charge is 2.05. The van der Waals surface area contributed by atoms with Crippen molar-refractivity contribution in [2.45, 2.75) is 13.3 Å². The quantitative estimate of drug-likeness (QED) is 0.855. The van der Waals surface area contributed by atoms with Crippen molar-refractivity contribution in [1.82, 2.24) is 0 Å². The Morgan fingerprint density at radius 3 is 2.53 bits per heavy atom. The number of rotatable bonds is 4. The first-order valence-electron chi connectivity index (χ1n) is 6.23. The zero-order valence-corrected chi connectivity index (χ0v) is 10.8. The Morgan fingerprint density at radius 1 is 1.11 bits per heavy atom. The van der Waals surface area contributed by atoms with E-state index in [4.69, 9.17) is 4.74 Å². The molecular weight excluding hydrogens is 240 g/mol. The van der Waals surface area contributed by atoms with Gasteiger partial charge in [-0.2, -0.15) is 0 Å². The number of hydrogen-bond donors (Lipinski definition) is 1. The van der Waals surface area contributed by atoms with Gasteiger partial charge in [-0.15, -0.1) is 0 Å². The van der Waals surface area contributed by atoms with Gasteiger partial charge in [0.05, 0.1) is 13.0 Å². The Kier molecular flexibility index (Phi) is 4.18. The van der Waals surface area contributed by atoms with Crippen molar-refractivity contribution in [3.05, 3.63) is 54.1 Å². The molecule has 0 heterocycles. The highest BCUT2D eigenvalue weighted by atomic mass is 16.5. The van der Waals surface area contributed by atoms with Crippen molar-refractivity contribution in [2.24, 2.45) is 0 Å². The molecule has 0 aliphatic heterocycles. The third-order valence-corrected chi connectivity index (χ3v) is 2.78. The van der Waals surface area contributed by atoms with Crippen molar-refractivity contribution < 1.29 is 14.6 Å². The van der Waals surface area contributed by atoms with Crippen molar-refractivity contribution >= 4 is 5.97 Å². The summed E-state index contributed by atoms with van der Waals surface area (Å²) in [6, 6.07) is 14.7. The van der Waals surface area contributed by atoms with E-state index >= 15 is 0 Å². The summed E-state index contributed by atoms with van der Waals surface area (Å²) in [5.74, 6) is 0.0248. The minimum Gasteiger partial charge on any atom is -0.508 e.